The molecule has 0 spiro atoms. The summed E-state index contributed by atoms with van der Waals surface area (Å²) in [6, 6.07) is 4.01. The number of carbonyl (C=O) groups is 4. The van der Waals surface area contributed by atoms with E-state index in [1.54, 1.807) is 32.9 Å². The van der Waals surface area contributed by atoms with E-state index in [0.717, 1.165) is 5.56 Å². The normalized spacial score (nSPS) is 23.1. The summed E-state index contributed by atoms with van der Waals surface area (Å²) in [7, 11) is -4.14. The minimum atomic E-state index is -4.14. The van der Waals surface area contributed by atoms with Crippen molar-refractivity contribution in [2.75, 3.05) is 19.6 Å². The molecule has 2 bridgehead atoms. The maximum absolute atomic E-state index is 13.4. The van der Waals surface area contributed by atoms with Crippen LogP contribution < -0.4 is 10.0 Å². The molecule has 3 fully saturated rings. The predicted molar refractivity (Wildman–Crippen MR) is 141 cm³/mol. The molecule has 0 radical (unpaired) electrons. The Labute approximate surface area is 233 Å². The fourth-order valence-corrected chi connectivity index (χ4v) is 6.21. The number of likely N-dealkylation sites (tertiary alicyclic amines) is 3. The number of alkyl carbamates (subject to hydrolysis) is 1. The molecule has 216 valence electrons. The number of piperazine rings is 1. The van der Waals surface area contributed by atoms with Crippen LogP contribution in [0.1, 0.15) is 45.6 Å². The number of fused-ring (bicyclic) bond motifs is 2. The molecule has 4 rings (SSSR count). The zero-order valence-corrected chi connectivity index (χ0v) is 23.7. The van der Waals surface area contributed by atoms with Gasteiger partial charge in [-0.15, -0.1) is 0 Å². The molecule has 40 heavy (non-hydrogen) atoms. The van der Waals surface area contributed by atoms with E-state index in [1.165, 1.54) is 26.8 Å². The standard InChI is InChI=1S/C26H34N6O7S/c1-16-7-9-19(10-8-16)40(37,38)29-24(35)32-14-18-12-21(32)23(34)31(18)15-20(28-25(36)39-26(2,3)4)22(33)30-11-5-6-17(30)13-27/h7-10,17-18,20-21H,5-6,11-12,14-15H2,1-4H3,(H,28,36)(H,29,35)/t17-,18-,20-,21-/m0/s1. The van der Waals surface area contributed by atoms with Gasteiger partial charge in [0.15, 0.2) is 0 Å². The number of urea groups is 1. The molecule has 0 unspecified atom stereocenters. The third-order valence-electron chi connectivity index (χ3n) is 7.15. The van der Waals surface area contributed by atoms with E-state index in [0.29, 0.717) is 19.4 Å². The SMILES string of the molecule is Cc1ccc(S(=O)(=O)NC(=O)N2C[C@@H]3C[C@H]2C(=O)N3C[C@H](NC(=O)OC(C)(C)C)C(=O)N2CCC[C@H]2C#N)cc1. The Morgan fingerprint density at radius 2 is 1.85 bits per heavy atom. The number of carbonyl (C=O) groups excluding carboxylic acids is 4. The summed E-state index contributed by atoms with van der Waals surface area (Å²) in [4.78, 5) is 56.1. The number of nitriles is 1. The molecule has 3 aliphatic heterocycles. The number of sulfonamides is 1. The van der Waals surface area contributed by atoms with Crippen molar-refractivity contribution in [1.29, 1.82) is 5.26 Å². The minimum Gasteiger partial charge on any atom is -0.444 e. The number of ether oxygens (including phenoxy) is 1. The molecule has 3 aliphatic rings. The van der Waals surface area contributed by atoms with Crippen LogP contribution in [0.4, 0.5) is 9.59 Å². The van der Waals surface area contributed by atoms with Crippen LogP contribution in [0, 0.1) is 18.3 Å². The van der Waals surface area contributed by atoms with E-state index >= 15 is 0 Å². The quantitative estimate of drug-likeness (QED) is 0.509. The van der Waals surface area contributed by atoms with Gasteiger partial charge in [0.05, 0.1) is 23.6 Å². The second-order valence-electron chi connectivity index (χ2n) is 11.3. The van der Waals surface area contributed by atoms with Gasteiger partial charge in [-0.1, -0.05) is 17.7 Å². The van der Waals surface area contributed by atoms with Crippen molar-refractivity contribution in [1.82, 2.24) is 24.7 Å². The maximum Gasteiger partial charge on any atom is 0.408 e. The van der Waals surface area contributed by atoms with Crippen LogP contribution >= 0.6 is 0 Å². The third kappa shape index (κ3) is 6.14. The van der Waals surface area contributed by atoms with Crippen LogP contribution in [0.25, 0.3) is 0 Å². The van der Waals surface area contributed by atoms with E-state index in [9.17, 15) is 32.9 Å². The van der Waals surface area contributed by atoms with Gasteiger partial charge in [-0.05, 0) is 59.1 Å². The van der Waals surface area contributed by atoms with Crippen LogP contribution in [-0.4, -0.2) is 96.5 Å². The molecule has 3 heterocycles. The summed E-state index contributed by atoms with van der Waals surface area (Å²) in [5.74, 6) is -0.953. The van der Waals surface area contributed by atoms with Gasteiger partial charge in [-0.2, -0.15) is 5.26 Å². The molecule has 1 aromatic carbocycles. The molecule has 2 N–H and O–H groups in total. The summed E-state index contributed by atoms with van der Waals surface area (Å²) in [5, 5.41) is 12.0. The van der Waals surface area contributed by atoms with Crippen LogP contribution in [0.2, 0.25) is 0 Å². The van der Waals surface area contributed by atoms with Gasteiger partial charge >= 0.3 is 12.1 Å². The number of nitrogens with zero attached hydrogens (tertiary/aromatic N) is 4. The minimum absolute atomic E-state index is 0.0591. The molecule has 14 heteroatoms. The molecular weight excluding hydrogens is 540 g/mol. The lowest BCUT2D eigenvalue weighted by atomic mass is 10.1. The Kier molecular flexibility index (Phi) is 7.98. The molecular formula is C26H34N6O7S. The van der Waals surface area contributed by atoms with Crippen LogP contribution in [0.5, 0.6) is 0 Å². The van der Waals surface area contributed by atoms with E-state index < -0.39 is 63.7 Å². The largest absolute Gasteiger partial charge is 0.444 e. The van der Waals surface area contributed by atoms with Crippen molar-refractivity contribution >= 4 is 34.0 Å². The smallest absolute Gasteiger partial charge is 0.408 e. The van der Waals surface area contributed by atoms with Crippen LogP contribution in [-0.2, 0) is 24.3 Å². The highest BCUT2D eigenvalue weighted by molar-refractivity contribution is 7.90. The highest BCUT2D eigenvalue weighted by atomic mass is 32.2. The van der Waals surface area contributed by atoms with Gasteiger partial charge in [0.1, 0.15) is 23.7 Å². The summed E-state index contributed by atoms with van der Waals surface area (Å²) >= 11 is 0. The first-order chi connectivity index (χ1) is 18.7. The van der Waals surface area contributed by atoms with Gasteiger partial charge in [0, 0.05) is 13.1 Å². The van der Waals surface area contributed by atoms with E-state index in [1.807, 2.05) is 11.6 Å². The number of nitrogens with one attached hydrogen (secondary N) is 2. The van der Waals surface area contributed by atoms with Crippen molar-refractivity contribution in [3.63, 3.8) is 0 Å². The van der Waals surface area contributed by atoms with Crippen molar-refractivity contribution in [3.8, 4) is 6.07 Å². The molecule has 3 saturated heterocycles. The van der Waals surface area contributed by atoms with Gasteiger partial charge in [-0.25, -0.2) is 22.7 Å². The van der Waals surface area contributed by atoms with Gasteiger partial charge in [0.2, 0.25) is 11.8 Å². The lowest BCUT2D eigenvalue weighted by Gasteiger charge is -2.36. The van der Waals surface area contributed by atoms with E-state index in [4.69, 9.17) is 4.74 Å². The first-order valence-corrected chi connectivity index (χ1v) is 14.6. The Morgan fingerprint density at radius 1 is 1.18 bits per heavy atom. The first-order valence-electron chi connectivity index (χ1n) is 13.1. The summed E-state index contributed by atoms with van der Waals surface area (Å²) < 4.78 is 32.7. The number of hydrogen-bond donors (Lipinski definition) is 2. The highest BCUT2D eigenvalue weighted by Gasteiger charge is 2.53. The van der Waals surface area contributed by atoms with Crippen molar-refractivity contribution in [2.45, 2.75) is 81.6 Å². The van der Waals surface area contributed by atoms with E-state index in [-0.39, 0.29) is 24.4 Å². The average Bonchev–Trinajstić information content (AvgIpc) is 3.58. The second kappa shape index (κ2) is 11.0. The number of hydrogen-bond acceptors (Lipinski definition) is 8. The number of amides is 5. The summed E-state index contributed by atoms with van der Waals surface area (Å²) in [6.07, 6.45) is 0.586. The van der Waals surface area contributed by atoms with Crippen molar-refractivity contribution < 1.29 is 32.3 Å². The van der Waals surface area contributed by atoms with Gasteiger partial charge in [0.25, 0.3) is 10.0 Å². The molecule has 1 aromatic rings. The topological polar surface area (TPSA) is 169 Å². The highest BCUT2D eigenvalue weighted by Crippen LogP contribution is 2.32. The second-order valence-corrected chi connectivity index (χ2v) is 13.0. The Balaban J connectivity index is 1.46. The zero-order valence-electron chi connectivity index (χ0n) is 22.9. The summed E-state index contributed by atoms with van der Waals surface area (Å²) in [6.45, 7) is 7.08. The van der Waals surface area contributed by atoms with Crippen LogP contribution in [0.3, 0.4) is 0 Å². The maximum atomic E-state index is 13.4. The lowest BCUT2D eigenvalue weighted by molar-refractivity contribution is -0.139. The molecule has 0 saturated carbocycles. The Hall–Kier alpha value is -3.86. The third-order valence-corrected chi connectivity index (χ3v) is 8.49. The number of benzene rings is 1. The lowest BCUT2D eigenvalue weighted by Crippen LogP contribution is -2.60. The van der Waals surface area contributed by atoms with Gasteiger partial charge in [-0.3, -0.25) is 9.59 Å². The molecule has 0 aromatic heterocycles. The van der Waals surface area contributed by atoms with Crippen LogP contribution in [0.15, 0.2) is 29.2 Å². The molecule has 5 amide bonds. The zero-order chi connectivity index (χ0) is 29.4. The Morgan fingerprint density at radius 3 is 2.45 bits per heavy atom. The predicted octanol–water partition coefficient (Wildman–Crippen LogP) is 1.09. The van der Waals surface area contributed by atoms with E-state index in [2.05, 4.69) is 11.4 Å². The molecule has 13 nitrogen and oxygen atoms in total. The van der Waals surface area contributed by atoms with Crippen molar-refractivity contribution in [3.05, 3.63) is 29.8 Å². The number of aryl methyl sites for hydroxylation is 1. The Bertz CT molecular complexity index is 1330. The monoisotopic (exact) mass is 574 g/mol. The molecule has 0 aliphatic carbocycles. The summed E-state index contributed by atoms with van der Waals surface area (Å²) in [5.41, 5.74) is 0.0363. The number of rotatable bonds is 6. The van der Waals surface area contributed by atoms with Gasteiger partial charge < -0.3 is 24.8 Å². The fourth-order valence-electron chi connectivity index (χ4n) is 5.26. The van der Waals surface area contributed by atoms with Crippen molar-refractivity contribution in [2.24, 2.45) is 0 Å². The molecule has 4 atom stereocenters. The average molecular weight is 575 g/mol. The fraction of sp³-hybridized carbons (Fsp3) is 0.577. The first kappa shape index (κ1) is 29.1.